The molecule has 19 heavy (non-hydrogen) atoms. The highest BCUT2D eigenvalue weighted by Crippen LogP contribution is 2.23. The predicted octanol–water partition coefficient (Wildman–Crippen LogP) is 1.18. The Labute approximate surface area is 119 Å². The summed E-state index contributed by atoms with van der Waals surface area (Å²) in [6, 6.07) is 4.69. The van der Waals surface area contributed by atoms with E-state index >= 15 is 0 Å². The Morgan fingerprint density at radius 2 is 2.26 bits per heavy atom. The lowest BCUT2D eigenvalue weighted by atomic mass is 10.3. The van der Waals surface area contributed by atoms with Gasteiger partial charge in [0.1, 0.15) is 5.25 Å². The SMILES string of the molecule is COCCNC(=O)C(C)S(=O)c1ccc(Cl)cc1N. The summed E-state index contributed by atoms with van der Waals surface area (Å²) in [5, 5.41) is 2.41. The third-order valence-corrected chi connectivity index (χ3v) is 4.38. The molecule has 0 heterocycles. The highest BCUT2D eigenvalue weighted by Gasteiger charge is 2.22. The number of amides is 1. The number of nitrogen functional groups attached to an aromatic ring is 1. The van der Waals surface area contributed by atoms with Gasteiger partial charge >= 0.3 is 0 Å². The Balaban J connectivity index is 2.73. The van der Waals surface area contributed by atoms with Crippen LogP contribution in [-0.2, 0) is 20.3 Å². The largest absolute Gasteiger partial charge is 0.398 e. The summed E-state index contributed by atoms with van der Waals surface area (Å²) in [6.45, 7) is 2.38. The number of hydrogen-bond donors (Lipinski definition) is 2. The monoisotopic (exact) mass is 304 g/mol. The Hall–Kier alpha value is -1.11. The average Bonchev–Trinajstić information content (AvgIpc) is 2.37. The molecule has 3 N–H and O–H groups in total. The first kappa shape index (κ1) is 15.9. The van der Waals surface area contributed by atoms with Crippen LogP contribution in [0.25, 0.3) is 0 Å². The molecular formula is C12H17ClN2O3S. The van der Waals surface area contributed by atoms with E-state index in [2.05, 4.69) is 5.32 Å². The minimum atomic E-state index is -1.52. The maximum atomic E-state index is 12.2. The first-order valence-electron chi connectivity index (χ1n) is 5.69. The van der Waals surface area contributed by atoms with Gasteiger partial charge in [-0.2, -0.15) is 0 Å². The van der Waals surface area contributed by atoms with E-state index in [9.17, 15) is 9.00 Å². The van der Waals surface area contributed by atoms with E-state index in [1.165, 1.54) is 6.07 Å². The molecule has 0 bridgehead atoms. The summed E-state index contributed by atoms with van der Waals surface area (Å²) in [5.41, 5.74) is 6.07. The number of rotatable bonds is 6. The van der Waals surface area contributed by atoms with Gasteiger partial charge in [0.25, 0.3) is 0 Å². The fourth-order valence-electron chi connectivity index (χ4n) is 1.41. The number of nitrogens with one attached hydrogen (secondary N) is 1. The molecule has 106 valence electrons. The number of carbonyl (C=O) groups excluding carboxylic acids is 1. The van der Waals surface area contributed by atoms with E-state index in [1.807, 2.05) is 0 Å². The summed E-state index contributed by atoms with van der Waals surface area (Å²) in [6.07, 6.45) is 0. The molecule has 0 aliphatic carbocycles. The zero-order chi connectivity index (χ0) is 14.4. The van der Waals surface area contributed by atoms with Crippen LogP contribution >= 0.6 is 11.6 Å². The fourth-order valence-corrected chi connectivity index (χ4v) is 2.74. The first-order chi connectivity index (χ1) is 8.97. The second kappa shape index (κ2) is 7.47. The standard InChI is InChI=1S/C12H17ClN2O3S/c1-8(12(16)15-5-6-18-2)19(17)11-4-3-9(13)7-10(11)14/h3-4,7-8H,5-6,14H2,1-2H3,(H,15,16). The van der Waals surface area contributed by atoms with E-state index in [-0.39, 0.29) is 5.91 Å². The second-order valence-electron chi connectivity index (χ2n) is 3.91. The maximum absolute atomic E-state index is 12.2. The number of anilines is 1. The van der Waals surface area contributed by atoms with E-state index in [4.69, 9.17) is 22.1 Å². The van der Waals surface area contributed by atoms with Crippen molar-refractivity contribution in [3.8, 4) is 0 Å². The van der Waals surface area contributed by atoms with Crippen LogP contribution in [0.5, 0.6) is 0 Å². The highest BCUT2D eigenvalue weighted by atomic mass is 35.5. The Morgan fingerprint density at radius 1 is 1.58 bits per heavy atom. The van der Waals surface area contributed by atoms with Crippen molar-refractivity contribution < 1.29 is 13.7 Å². The molecule has 1 aromatic carbocycles. The minimum absolute atomic E-state index is 0.301. The molecule has 5 nitrogen and oxygen atoms in total. The normalized spacial score (nSPS) is 13.8. The van der Waals surface area contributed by atoms with Crippen LogP contribution in [0.15, 0.2) is 23.1 Å². The molecule has 0 aliphatic rings. The van der Waals surface area contributed by atoms with Gasteiger partial charge in [0.05, 0.1) is 22.3 Å². The minimum Gasteiger partial charge on any atom is -0.398 e. The van der Waals surface area contributed by atoms with E-state index in [1.54, 1.807) is 26.2 Å². The lowest BCUT2D eigenvalue weighted by Crippen LogP contribution is -2.37. The molecule has 2 atom stereocenters. The van der Waals surface area contributed by atoms with Gasteiger partial charge in [0.15, 0.2) is 0 Å². The molecule has 2 unspecified atom stereocenters. The Bertz CT molecular complexity index is 482. The number of halogens is 1. The van der Waals surface area contributed by atoms with Crippen molar-refractivity contribution >= 4 is 34.0 Å². The number of methoxy groups -OCH3 is 1. The third kappa shape index (κ3) is 4.49. The molecule has 0 radical (unpaired) electrons. The zero-order valence-electron chi connectivity index (χ0n) is 10.8. The van der Waals surface area contributed by atoms with Gasteiger partial charge in [-0.1, -0.05) is 11.6 Å². The fraction of sp³-hybridized carbons (Fsp3) is 0.417. The van der Waals surface area contributed by atoms with Crippen molar-refractivity contribution in [3.63, 3.8) is 0 Å². The number of hydrogen-bond acceptors (Lipinski definition) is 4. The summed E-state index contributed by atoms with van der Waals surface area (Å²) < 4.78 is 17.1. The van der Waals surface area contributed by atoms with Gasteiger partial charge in [-0.3, -0.25) is 9.00 Å². The first-order valence-corrected chi connectivity index (χ1v) is 7.28. The van der Waals surface area contributed by atoms with Crippen molar-refractivity contribution in [3.05, 3.63) is 23.2 Å². The molecular weight excluding hydrogens is 288 g/mol. The lowest BCUT2D eigenvalue weighted by molar-refractivity contribution is -0.120. The quantitative estimate of drug-likeness (QED) is 0.611. The molecule has 0 saturated carbocycles. The highest BCUT2D eigenvalue weighted by molar-refractivity contribution is 7.86. The van der Waals surface area contributed by atoms with Crippen LogP contribution in [0.4, 0.5) is 5.69 Å². The van der Waals surface area contributed by atoms with E-state index in [0.717, 1.165) is 0 Å². The molecule has 1 aromatic rings. The molecule has 7 heteroatoms. The molecule has 0 aliphatic heterocycles. The van der Waals surface area contributed by atoms with Crippen LogP contribution in [-0.4, -0.2) is 35.6 Å². The number of benzene rings is 1. The van der Waals surface area contributed by atoms with Gasteiger partial charge in [-0.15, -0.1) is 0 Å². The second-order valence-corrected chi connectivity index (χ2v) is 6.08. The summed E-state index contributed by atoms with van der Waals surface area (Å²) in [4.78, 5) is 12.2. The molecule has 0 spiro atoms. The molecule has 0 fully saturated rings. The van der Waals surface area contributed by atoms with Gasteiger partial charge in [0, 0.05) is 24.4 Å². The molecule has 0 aromatic heterocycles. The van der Waals surface area contributed by atoms with E-state index in [0.29, 0.717) is 28.8 Å². The average molecular weight is 305 g/mol. The van der Waals surface area contributed by atoms with Gasteiger partial charge in [-0.05, 0) is 25.1 Å². The number of ether oxygens (including phenoxy) is 1. The summed E-state index contributed by atoms with van der Waals surface area (Å²) in [7, 11) is 0.0238. The van der Waals surface area contributed by atoms with Crippen LogP contribution in [0.2, 0.25) is 5.02 Å². The van der Waals surface area contributed by atoms with Crippen molar-refractivity contribution in [1.29, 1.82) is 0 Å². The van der Waals surface area contributed by atoms with Crippen molar-refractivity contribution in [2.75, 3.05) is 26.0 Å². The predicted molar refractivity (Wildman–Crippen MR) is 76.6 cm³/mol. The summed E-state index contributed by atoms with van der Waals surface area (Å²) in [5.74, 6) is -0.301. The summed E-state index contributed by atoms with van der Waals surface area (Å²) >= 11 is 5.78. The number of nitrogens with two attached hydrogens (primary N) is 1. The molecule has 1 rings (SSSR count). The smallest absolute Gasteiger partial charge is 0.235 e. The molecule has 1 amide bonds. The van der Waals surface area contributed by atoms with Crippen molar-refractivity contribution in [1.82, 2.24) is 5.32 Å². The van der Waals surface area contributed by atoms with E-state index < -0.39 is 16.0 Å². The molecule has 0 saturated heterocycles. The Morgan fingerprint density at radius 3 is 2.84 bits per heavy atom. The topological polar surface area (TPSA) is 81.4 Å². The Kier molecular flexibility index (Phi) is 6.27. The lowest BCUT2D eigenvalue weighted by Gasteiger charge is -2.13. The van der Waals surface area contributed by atoms with Crippen molar-refractivity contribution in [2.24, 2.45) is 0 Å². The number of carbonyl (C=O) groups is 1. The van der Waals surface area contributed by atoms with Crippen LogP contribution in [0.1, 0.15) is 6.92 Å². The van der Waals surface area contributed by atoms with Crippen LogP contribution in [0, 0.1) is 0 Å². The van der Waals surface area contributed by atoms with Gasteiger partial charge in [0.2, 0.25) is 5.91 Å². The third-order valence-electron chi connectivity index (χ3n) is 2.48. The van der Waals surface area contributed by atoms with Crippen LogP contribution < -0.4 is 11.1 Å². The van der Waals surface area contributed by atoms with Crippen LogP contribution in [0.3, 0.4) is 0 Å². The van der Waals surface area contributed by atoms with Crippen molar-refractivity contribution in [2.45, 2.75) is 17.1 Å². The maximum Gasteiger partial charge on any atom is 0.235 e. The zero-order valence-corrected chi connectivity index (χ0v) is 12.4. The van der Waals surface area contributed by atoms with Gasteiger partial charge < -0.3 is 15.8 Å². The van der Waals surface area contributed by atoms with Gasteiger partial charge in [-0.25, -0.2) is 0 Å².